The Labute approximate surface area is 146 Å². The number of fused-ring (bicyclic) bond motifs is 1. The lowest BCUT2D eigenvalue weighted by Crippen LogP contribution is -2.41. The van der Waals surface area contributed by atoms with Crippen LogP contribution in [0.2, 0.25) is 0 Å². The SMILES string of the molecule is CC(=O)[C@@H]1C(=O)NC(=Nc2nc3ccccc3s2)NC(=O)[C@H]1C(C)=O. The largest absolute Gasteiger partial charge is 0.299 e. The molecule has 0 radical (unpaired) electrons. The van der Waals surface area contributed by atoms with E-state index in [1.807, 2.05) is 24.3 Å². The van der Waals surface area contributed by atoms with Gasteiger partial charge < -0.3 is 0 Å². The Morgan fingerprint density at radius 1 is 1.04 bits per heavy atom. The Hall–Kier alpha value is -2.94. The van der Waals surface area contributed by atoms with Crippen molar-refractivity contribution >= 4 is 56.0 Å². The number of aromatic nitrogens is 1. The first-order valence-corrected chi connectivity index (χ1v) is 8.25. The number of carbonyl (C=O) groups is 4. The van der Waals surface area contributed by atoms with E-state index in [0.717, 1.165) is 10.2 Å². The van der Waals surface area contributed by atoms with Crippen molar-refractivity contribution in [2.24, 2.45) is 16.8 Å². The molecule has 0 aliphatic carbocycles. The minimum Gasteiger partial charge on any atom is -0.299 e. The van der Waals surface area contributed by atoms with E-state index >= 15 is 0 Å². The molecule has 1 aliphatic heterocycles. The highest BCUT2D eigenvalue weighted by Crippen LogP contribution is 2.27. The van der Waals surface area contributed by atoms with Crippen LogP contribution in [0.15, 0.2) is 29.3 Å². The van der Waals surface area contributed by atoms with Crippen LogP contribution in [0.4, 0.5) is 5.13 Å². The summed E-state index contributed by atoms with van der Waals surface area (Å²) in [6, 6.07) is 7.39. The van der Waals surface area contributed by atoms with Gasteiger partial charge in [-0.2, -0.15) is 4.99 Å². The Bertz CT molecular complexity index is 864. The van der Waals surface area contributed by atoms with Gasteiger partial charge in [0.2, 0.25) is 22.9 Å². The molecule has 1 saturated heterocycles. The lowest BCUT2D eigenvalue weighted by molar-refractivity contribution is -0.144. The number of rotatable bonds is 3. The fourth-order valence-corrected chi connectivity index (χ4v) is 3.46. The topological polar surface area (TPSA) is 118 Å². The highest BCUT2D eigenvalue weighted by molar-refractivity contribution is 7.22. The van der Waals surface area contributed by atoms with Crippen molar-refractivity contribution in [3.05, 3.63) is 24.3 Å². The molecule has 25 heavy (non-hydrogen) atoms. The second-order valence-corrected chi connectivity index (χ2v) is 6.59. The molecule has 0 saturated carbocycles. The first kappa shape index (κ1) is 16.9. The zero-order chi connectivity index (χ0) is 18.1. The van der Waals surface area contributed by atoms with Gasteiger partial charge in [0, 0.05) is 0 Å². The maximum absolute atomic E-state index is 12.3. The smallest absolute Gasteiger partial charge is 0.238 e. The molecule has 0 spiro atoms. The van der Waals surface area contributed by atoms with Gasteiger partial charge in [-0.25, -0.2) is 4.98 Å². The molecule has 2 N–H and O–H groups in total. The Morgan fingerprint density at radius 3 is 2.12 bits per heavy atom. The van der Waals surface area contributed by atoms with Crippen LogP contribution in [0, 0.1) is 11.8 Å². The normalized spacial score (nSPS) is 20.6. The van der Waals surface area contributed by atoms with Crippen molar-refractivity contribution in [1.82, 2.24) is 15.6 Å². The lowest BCUT2D eigenvalue weighted by Gasteiger charge is -2.15. The first-order valence-electron chi connectivity index (χ1n) is 7.43. The molecule has 1 aromatic carbocycles. The predicted molar refractivity (Wildman–Crippen MR) is 91.3 cm³/mol. The summed E-state index contributed by atoms with van der Waals surface area (Å²) in [5.41, 5.74) is 0.737. The molecule has 3 rings (SSSR count). The third-order valence-electron chi connectivity index (χ3n) is 3.75. The van der Waals surface area contributed by atoms with Gasteiger partial charge in [-0.05, 0) is 26.0 Å². The van der Waals surface area contributed by atoms with E-state index in [2.05, 4.69) is 20.6 Å². The fraction of sp³-hybridized carbons (Fsp3) is 0.250. The third kappa shape index (κ3) is 3.31. The van der Waals surface area contributed by atoms with E-state index in [9.17, 15) is 19.2 Å². The Morgan fingerprint density at radius 2 is 1.60 bits per heavy atom. The molecule has 2 atom stereocenters. The van der Waals surface area contributed by atoms with E-state index in [1.54, 1.807) is 0 Å². The molecule has 2 aromatic rings. The minimum absolute atomic E-state index is 0.149. The van der Waals surface area contributed by atoms with Crippen LogP contribution in [0.3, 0.4) is 0 Å². The summed E-state index contributed by atoms with van der Waals surface area (Å²) in [6.07, 6.45) is 0. The summed E-state index contributed by atoms with van der Waals surface area (Å²) in [7, 11) is 0. The molecule has 0 unspecified atom stereocenters. The molecule has 2 amide bonds. The Kier molecular flexibility index (Phi) is 4.41. The van der Waals surface area contributed by atoms with Gasteiger partial charge >= 0.3 is 0 Å². The predicted octanol–water partition coefficient (Wildman–Crippen LogP) is 0.940. The van der Waals surface area contributed by atoms with Crippen LogP contribution in [0.1, 0.15) is 13.8 Å². The minimum atomic E-state index is -1.37. The van der Waals surface area contributed by atoms with Crippen LogP contribution in [-0.2, 0) is 19.2 Å². The molecular weight excluding hydrogens is 344 g/mol. The molecule has 1 aromatic heterocycles. The van der Waals surface area contributed by atoms with Gasteiger partial charge in [-0.1, -0.05) is 23.5 Å². The number of ketones is 2. The number of carbonyl (C=O) groups excluding carboxylic acids is 4. The van der Waals surface area contributed by atoms with Crippen LogP contribution in [0.25, 0.3) is 10.2 Å². The quantitative estimate of drug-likeness (QED) is 0.792. The molecule has 2 heterocycles. The first-order chi connectivity index (χ1) is 11.9. The summed E-state index contributed by atoms with van der Waals surface area (Å²) in [5, 5.41) is 5.11. The average Bonchev–Trinajstić information content (AvgIpc) is 2.87. The Balaban J connectivity index is 1.98. The number of nitrogens with one attached hydrogen (secondary N) is 2. The number of hydrogen-bond donors (Lipinski definition) is 2. The standard InChI is InChI=1S/C16H14N4O4S/c1-7(21)11-12(8(2)22)14(24)19-15(18-13(11)23)20-16-17-9-5-3-4-6-10(9)25-16/h3-6,11-12H,1-2H3,(H2,17,18,19,20,23,24)/t11-,12-/m0/s1. The van der Waals surface area contributed by atoms with E-state index in [0.29, 0.717) is 5.13 Å². The average molecular weight is 358 g/mol. The molecule has 8 nitrogen and oxygen atoms in total. The number of aliphatic imine (C=N–C) groups is 1. The molecule has 0 bridgehead atoms. The summed E-state index contributed by atoms with van der Waals surface area (Å²) >= 11 is 1.28. The molecule has 9 heteroatoms. The van der Waals surface area contributed by atoms with E-state index < -0.39 is 35.2 Å². The van der Waals surface area contributed by atoms with Gasteiger partial charge in [0.05, 0.1) is 10.2 Å². The van der Waals surface area contributed by atoms with Gasteiger partial charge in [-0.3, -0.25) is 29.8 Å². The molecular formula is C16H14N4O4S. The van der Waals surface area contributed by atoms with Crippen molar-refractivity contribution in [1.29, 1.82) is 0 Å². The summed E-state index contributed by atoms with van der Waals surface area (Å²) in [6.45, 7) is 2.34. The lowest BCUT2D eigenvalue weighted by atomic mass is 9.85. The number of guanidine groups is 1. The molecule has 128 valence electrons. The second kappa shape index (κ2) is 6.52. The maximum Gasteiger partial charge on any atom is 0.238 e. The zero-order valence-corrected chi connectivity index (χ0v) is 14.2. The monoisotopic (exact) mass is 358 g/mol. The number of para-hydroxylation sites is 1. The third-order valence-corrected chi connectivity index (χ3v) is 4.68. The second-order valence-electron chi connectivity index (χ2n) is 5.58. The summed E-state index contributed by atoms with van der Waals surface area (Å²) in [4.78, 5) is 56.6. The maximum atomic E-state index is 12.3. The van der Waals surface area contributed by atoms with Gasteiger partial charge in [0.15, 0.2) is 0 Å². The summed E-state index contributed by atoms with van der Waals surface area (Å²) in [5.74, 6) is -5.51. The van der Waals surface area contributed by atoms with Crippen LogP contribution < -0.4 is 10.6 Å². The number of benzene rings is 1. The van der Waals surface area contributed by atoms with Crippen LogP contribution in [-0.4, -0.2) is 34.3 Å². The van der Waals surface area contributed by atoms with E-state index in [-0.39, 0.29) is 5.96 Å². The van der Waals surface area contributed by atoms with E-state index in [4.69, 9.17) is 0 Å². The van der Waals surface area contributed by atoms with Crippen LogP contribution in [0.5, 0.6) is 0 Å². The highest BCUT2D eigenvalue weighted by atomic mass is 32.1. The number of hydrogen-bond acceptors (Lipinski definition) is 7. The van der Waals surface area contributed by atoms with Gasteiger partial charge in [-0.15, -0.1) is 0 Å². The highest BCUT2D eigenvalue weighted by Gasteiger charge is 2.43. The van der Waals surface area contributed by atoms with Crippen molar-refractivity contribution in [2.45, 2.75) is 13.8 Å². The molecule has 1 aliphatic rings. The summed E-state index contributed by atoms with van der Waals surface area (Å²) < 4.78 is 0.899. The van der Waals surface area contributed by atoms with E-state index in [1.165, 1.54) is 25.2 Å². The van der Waals surface area contributed by atoms with Crippen molar-refractivity contribution < 1.29 is 19.2 Å². The molecule has 1 fully saturated rings. The number of nitrogens with zero attached hydrogens (tertiary/aromatic N) is 2. The number of Topliss-reactive ketones (excluding diaryl/α,β-unsaturated/α-hetero) is 2. The van der Waals surface area contributed by atoms with Crippen molar-refractivity contribution in [3.63, 3.8) is 0 Å². The van der Waals surface area contributed by atoms with Gasteiger partial charge in [0.25, 0.3) is 0 Å². The van der Waals surface area contributed by atoms with Gasteiger partial charge in [0.1, 0.15) is 23.4 Å². The number of amides is 2. The van der Waals surface area contributed by atoms with Crippen LogP contribution >= 0.6 is 11.3 Å². The zero-order valence-electron chi connectivity index (χ0n) is 13.4. The number of thiazole rings is 1. The van der Waals surface area contributed by atoms with Crippen molar-refractivity contribution in [2.75, 3.05) is 0 Å². The van der Waals surface area contributed by atoms with Crippen molar-refractivity contribution in [3.8, 4) is 0 Å². The fourth-order valence-electron chi connectivity index (χ4n) is 2.62.